The zero-order valence-corrected chi connectivity index (χ0v) is 14.7. The summed E-state index contributed by atoms with van der Waals surface area (Å²) in [7, 11) is 1.63. The van der Waals surface area contributed by atoms with Gasteiger partial charge in [-0.2, -0.15) is 0 Å². The Kier molecular flexibility index (Phi) is 7.15. The molecule has 6 nitrogen and oxygen atoms in total. The molecule has 2 aliphatic rings. The topological polar surface area (TPSA) is 66.0 Å². The lowest BCUT2D eigenvalue weighted by Gasteiger charge is -2.33. The second kappa shape index (κ2) is 9.11. The van der Waals surface area contributed by atoms with Crippen molar-refractivity contribution in [1.29, 1.82) is 0 Å². The molecule has 23 heavy (non-hydrogen) atoms. The Morgan fingerprint density at radius 1 is 1.22 bits per heavy atom. The third-order valence-corrected chi connectivity index (χ3v) is 4.99. The van der Waals surface area contributed by atoms with Crippen molar-refractivity contribution in [3.63, 3.8) is 0 Å². The molecule has 2 fully saturated rings. The molecular formula is C17H32N4O2. The summed E-state index contributed by atoms with van der Waals surface area (Å²) in [5.74, 6) is 0.834. The van der Waals surface area contributed by atoms with Crippen LogP contribution in [0.4, 0.5) is 0 Å². The number of hydrogen-bond donors (Lipinski definition) is 2. The summed E-state index contributed by atoms with van der Waals surface area (Å²) in [6.07, 6.45) is 8.07. The molecule has 1 spiro atoms. The molecule has 6 heteroatoms. The number of carbonyl (C=O) groups is 1. The van der Waals surface area contributed by atoms with E-state index in [-0.39, 0.29) is 12.5 Å². The van der Waals surface area contributed by atoms with Gasteiger partial charge in [-0.05, 0) is 31.6 Å². The first-order valence-corrected chi connectivity index (χ1v) is 8.98. The molecule has 132 valence electrons. The van der Waals surface area contributed by atoms with E-state index in [1.807, 2.05) is 0 Å². The minimum atomic E-state index is -0.0518. The van der Waals surface area contributed by atoms with Crippen molar-refractivity contribution in [2.24, 2.45) is 10.4 Å². The van der Waals surface area contributed by atoms with Gasteiger partial charge in [0.25, 0.3) is 0 Å². The highest BCUT2D eigenvalue weighted by atomic mass is 16.5. The molecule has 0 aromatic carbocycles. The molecule has 0 aromatic heterocycles. The van der Waals surface area contributed by atoms with Gasteiger partial charge in [0.1, 0.15) is 6.54 Å². The maximum Gasteiger partial charge on any atom is 0.241 e. The largest absolute Gasteiger partial charge is 0.383 e. The van der Waals surface area contributed by atoms with Gasteiger partial charge >= 0.3 is 0 Å². The van der Waals surface area contributed by atoms with Gasteiger partial charge in [0.15, 0.2) is 5.96 Å². The molecule has 0 unspecified atom stereocenters. The van der Waals surface area contributed by atoms with Gasteiger partial charge in [-0.25, -0.2) is 4.99 Å². The summed E-state index contributed by atoms with van der Waals surface area (Å²) in [6.45, 7) is 6.28. The molecule has 1 heterocycles. The molecule has 2 N–H and O–H groups in total. The van der Waals surface area contributed by atoms with Crippen molar-refractivity contribution in [3.8, 4) is 0 Å². The summed E-state index contributed by atoms with van der Waals surface area (Å²) < 4.78 is 4.93. The van der Waals surface area contributed by atoms with E-state index >= 15 is 0 Å². The van der Waals surface area contributed by atoms with Gasteiger partial charge in [-0.15, -0.1) is 0 Å². The number of hydrogen-bond acceptors (Lipinski definition) is 3. The Morgan fingerprint density at radius 2 is 2.00 bits per heavy atom. The Balaban J connectivity index is 1.87. The van der Waals surface area contributed by atoms with Crippen LogP contribution in [-0.4, -0.2) is 63.2 Å². The van der Waals surface area contributed by atoms with E-state index in [9.17, 15) is 4.79 Å². The highest BCUT2D eigenvalue weighted by Crippen LogP contribution is 2.43. The number of nitrogens with zero attached hydrogens (tertiary/aromatic N) is 2. The van der Waals surface area contributed by atoms with Crippen molar-refractivity contribution in [1.82, 2.24) is 15.5 Å². The van der Waals surface area contributed by atoms with Crippen molar-refractivity contribution in [2.75, 3.05) is 46.4 Å². The molecule has 0 radical (unpaired) electrons. The lowest BCUT2D eigenvalue weighted by molar-refractivity contribution is -0.119. The first-order chi connectivity index (χ1) is 11.2. The van der Waals surface area contributed by atoms with Crippen LogP contribution in [0, 0.1) is 5.41 Å². The van der Waals surface area contributed by atoms with Crippen LogP contribution in [0.1, 0.15) is 45.4 Å². The second-order valence-electron chi connectivity index (χ2n) is 6.75. The smallest absolute Gasteiger partial charge is 0.241 e. The van der Waals surface area contributed by atoms with Gasteiger partial charge < -0.3 is 20.3 Å². The van der Waals surface area contributed by atoms with Crippen LogP contribution >= 0.6 is 0 Å². The van der Waals surface area contributed by atoms with Gasteiger partial charge in [-0.1, -0.05) is 19.3 Å². The number of likely N-dealkylation sites (tertiary alicyclic amines) is 1. The molecule has 0 bridgehead atoms. The average Bonchev–Trinajstić information content (AvgIpc) is 2.95. The third-order valence-electron chi connectivity index (χ3n) is 4.99. The highest BCUT2D eigenvalue weighted by Gasteiger charge is 2.39. The van der Waals surface area contributed by atoms with Crippen LogP contribution in [0.5, 0.6) is 0 Å². The van der Waals surface area contributed by atoms with E-state index in [0.29, 0.717) is 18.6 Å². The van der Waals surface area contributed by atoms with E-state index in [0.717, 1.165) is 25.6 Å². The van der Waals surface area contributed by atoms with Gasteiger partial charge in [-0.3, -0.25) is 4.79 Å². The second-order valence-corrected chi connectivity index (χ2v) is 6.75. The van der Waals surface area contributed by atoms with Crippen molar-refractivity contribution < 1.29 is 9.53 Å². The molecule has 2 rings (SSSR count). The predicted molar refractivity (Wildman–Crippen MR) is 92.6 cm³/mol. The van der Waals surface area contributed by atoms with Crippen LogP contribution < -0.4 is 10.6 Å². The minimum Gasteiger partial charge on any atom is -0.383 e. The molecular weight excluding hydrogens is 292 g/mol. The molecule has 1 saturated carbocycles. The fourth-order valence-corrected chi connectivity index (χ4v) is 3.75. The predicted octanol–water partition coefficient (Wildman–Crippen LogP) is 1.37. The SMILES string of the molecule is CCNC(=NCC(=O)NCCOC)N1CCC2(CCCCC2)C1. The van der Waals surface area contributed by atoms with E-state index < -0.39 is 0 Å². The lowest BCUT2D eigenvalue weighted by Crippen LogP contribution is -2.42. The monoisotopic (exact) mass is 324 g/mol. The van der Waals surface area contributed by atoms with Crippen LogP contribution in [0.25, 0.3) is 0 Å². The molecule has 1 aliphatic heterocycles. The van der Waals surface area contributed by atoms with E-state index in [4.69, 9.17) is 4.74 Å². The first kappa shape index (κ1) is 18.0. The fraction of sp³-hybridized carbons (Fsp3) is 0.882. The Bertz CT molecular complexity index is 405. The van der Waals surface area contributed by atoms with Gasteiger partial charge in [0, 0.05) is 33.3 Å². The quantitative estimate of drug-likeness (QED) is 0.440. The Hall–Kier alpha value is -1.30. The summed E-state index contributed by atoms with van der Waals surface area (Å²) in [4.78, 5) is 18.7. The molecule has 0 aromatic rings. The molecule has 1 aliphatic carbocycles. The van der Waals surface area contributed by atoms with Gasteiger partial charge in [0.05, 0.1) is 6.61 Å². The average molecular weight is 324 g/mol. The molecule has 1 saturated heterocycles. The Labute approximate surface area is 140 Å². The third kappa shape index (κ3) is 5.37. The van der Waals surface area contributed by atoms with Crippen LogP contribution in [-0.2, 0) is 9.53 Å². The zero-order chi connectivity index (χ0) is 16.5. The number of methoxy groups -OCH3 is 1. The maximum atomic E-state index is 11.8. The highest BCUT2D eigenvalue weighted by molar-refractivity contribution is 5.85. The normalized spacial score (nSPS) is 20.8. The first-order valence-electron chi connectivity index (χ1n) is 8.98. The van der Waals surface area contributed by atoms with Crippen molar-refractivity contribution in [2.45, 2.75) is 45.4 Å². The van der Waals surface area contributed by atoms with Crippen LogP contribution in [0.15, 0.2) is 4.99 Å². The number of amides is 1. The summed E-state index contributed by atoms with van der Waals surface area (Å²) >= 11 is 0. The summed E-state index contributed by atoms with van der Waals surface area (Å²) in [5, 5.41) is 6.15. The number of guanidine groups is 1. The van der Waals surface area contributed by atoms with Crippen LogP contribution in [0.3, 0.4) is 0 Å². The summed E-state index contributed by atoms with van der Waals surface area (Å²) in [5.41, 5.74) is 0.495. The number of carbonyl (C=O) groups excluding carboxylic acids is 1. The fourth-order valence-electron chi connectivity index (χ4n) is 3.75. The molecule has 1 amide bonds. The molecule has 0 atom stereocenters. The van der Waals surface area contributed by atoms with E-state index in [1.165, 1.54) is 38.5 Å². The number of aliphatic imine (C=N–C) groups is 1. The summed E-state index contributed by atoms with van der Waals surface area (Å²) in [6, 6.07) is 0. The maximum absolute atomic E-state index is 11.8. The van der Waals surface area contributed by atoms with Crippen LogP contribution in [0.2, 0.25) is 0 Å². The van der Waals surface area contributed by atoms with Gasteiger partial charge in [0.2, 0.25) is 5.91 Å². The number of nitrogens with one attached hydrogen (secondary N) is 2. The van der Waals surface area contributed by atoms with Crippen molar-refractivity contribution in [3.05, 3.63) is 0 Å². The lowest BCUT2D eigenvalue weighted by atomic mass is 9.73. The zero-order valence-electron chi connectivity index (χ0n) is 14.7. The Morgan fingerprint density at radius 3 is 2.70 bits per heavy atom. The standard InChI is InChI=1S/C17H32N4O2/c1-3-18-16(20-13-15(22)19-10-12-23-2)21-11-9-17(14-21)7-5-4-6-8-17/h3-14H2,1-2H3,(H,18,20)(H,19,22). The number of rotatable bonds is 6. The van der Waals surface area contributed by atoms with E-state index in [2.05, 4.69) is 27.4 Å². The minimum absolute atomic E-state index is 0.0518. The van der Waals surface area contributed by atoms with Crippen molar-refractivity contribution >= 4 is 11.9 Å². The number of ether oxygens (including phenoxy) is 1. The van der Waals surface area contributed by atoms with E-state index in [1.54, 1.807) is 7.11 Å².